The standard InChI is InChI=1S/C14H15F2N3/c1-18-13(4-9-2-3-19-14(17)5-9)10-6-11(15)8-12(16)7-10/h2-3,5-8,13,18H,4H2,1H3,(H2,17,19). The van der Waals surface area contributed by atoms with E-state index in [9.17, 15) is 8.78 Å². The Kier molecular flexibility index (Phi) is 4.06. The molecule has 0 saturated heterocycles. The monoisotopic (exact) mass is 263 g/mol. The number of hydrogen-bond acceptors (Lipinski definition) is 3. The number of benzene rings is 1. The zero-order valence-corrected chi connectivity index (χ0v) is 10.5. The van der Waals surface area contributed by atoms with Crippen LogP contribution in [0.1, 0.15) is 17.2 Å². The number of rotatable bonds is 4. The van der Waals surface area contributed by atoms with Crippen molar-refractivity contribution in [1.82, 2.24) is 10.3 Å². The maximum absolute atomic E-state index is 13.2. The summed E-state index contributed by atoms with van der Waals surface area (Å²) in [4.78, 5) is 3.91. The van der Waals surface area contributed by atoms with Gasteiger partial charge in [0.05, 0.1) is 0 Å². The van der Waals surface area contributed by atoms with Gasteiger partial charge in [-0.1, -0.05) is 0 Å². The molecule has 19 heavy (non-hydrogen) atoms. The third-order valence-electron chi connectivity index (χ3n) is 2.92. The molecule has 5 heteroatoms. The van der Waals surface area contributed by atoms with E-state index in [0.717, 1.165) is 11.6 Å². The van der Waals surface area contributed by atoms with E-state index in [2.05, 4.69) is 10.3 Å². The Hall–Kier alpha value is -2.01. The first kappa shape index (κ1) is 13.4. The van der Waals surface area contributed by atoms with Crippen molar-refractivity contribution < 1.29 is 8.78 Å². The van der Waals surface area contributed by atoms with Crippen molar-refractivity contribution in [2.45, 2.75) is 12.5 Å². The third-order valence-corrected chi connectivity index (χ3v) is 2.92. The number of likely N-dealkylation sites (N-methyl/N-ethyl adjacent to an activating group) is 1. The van der Waals surface area contributed by atoms with Crippen LogP contribution in [0.2, 0.25) is 0 Å². The van der Waals surface area contributed by atoms with Gasteiger partial charge in [-0.25, -0.2) is 13.8 Å². The van der Waals surface area contributed by atoms with Crippen LogP contribution in [0.3, 0.4) is 0 Å². The molecular weight excluding hydrogens is 248 g/mol. The van der Waals surface area contributed by atoms with E-state index in [-0.39, 0.29) is 6.04 Å². The Morgan fingerprint density at radius 2 is 1.89 bits per heavy atom. The van der Waals surface area contributed by atoms with E-state index in [4.69, 9.17) is 5.73 Å². The summed E-state index contributed by atoms with van der Waals surface area (Å²) in [5, 5.41) is 3.05. The Morgan fingerprint density at radius 3 is 2.47 bits per heavy atom. The normalized spacial score (nSPS) is 12.4. The van der Waals surface area contributed by atoms with Crippen LogP contribution in [0.4, 0.5) is 14.6 Å². The average molecular weight is 263 g/mol. The van der Waals surface area contributed by atoms with Gasteiger partial charge in [-0.05, 0) is 48.9 Å². The lowest BCUT2D eigenvalue weighted by molar-refractivity contribution is 0.551. The van der Waals surface area contributed by atoms with Crippen LogP contribution in [-0.4, -0.2) is 12.0 Å². The number of nitrogens with one attached hydrogen (secondary N) is 1. The number of nitrogens with two attached hydrogens (primary N) is 1. The highest BCUT2D eigenvalue weighted by Gasteiger charge is 2.13. The summed E-state index contributed by atoms with van der Waals surface area (Å²) in [6, 6.07) is 6.91. The van der Waals surface area contributed by atoms with Crippen molar-refractivity contribution in [2.75, 3.05) is 12.8 Å². The smallest absolute Gasteiger partial charge is 0.126 e. The summed E-state index contributed by atoms with van der Waals surface area (Å²) >= 11 is 0. The molecule has 0 aliphatic rings. The van der Waals surface area contributed by atoms with Crippen molar-refractivity contribution in [3.8, 4) is 0 Å². The molecule has 1 aromatic heterocycles. The fraction of sp³-hybridized carbons (Fsp3) is 0.214. The van der Waals surface area contributed by atoms with Gasteiger partial charge in [-0.15, -0.1) is 0 Å². The molecule has 0 aliphatic carbocycles. The lowest BCUT2D eigenvalue weighted by Gasteiger charge is -2.17. The molecule has 100 valence electrons. The van der Waals surface area contributed by atoms with Crippen LogP contribution in [0.25, 0.3) is 0 Å². The van der Waals surface area contributed by atoms with Crippen LogP contribution >= 0.6 is 0 Å². The van der Waals surface area contributed by atoms with Crippen molar-refractivity contribution in [2.24, 2.45) is 0 Å². The molecule has 0 bridgehead atoms. The molecule has 3 nitrogen and oxygen atoms in total. The predicted molar refractivity (Wildman–Crippen MR) is 70.5 cm³/mol. The number of hydrogen-bond donors (Lipinski definition) is 2. The van der Waals surface area contributed by atoms with Gasteiger partial charge in [-0.3, -0.25) is 0 Å². The lowest BCUT2D eigenvalue weighted by Crippen LogP contribution is -2.19. The van der Waals surface area contributed by atoms with Gasteiger partial charge in [0, 0.05) is 18.3 Å². The molecule has 0 amide bonds. The quantitative estimate of drug-likeness (QED) is 0.890. The van der Waals surface area contributed by atoms with Gasteiger partial charge in [0.2, 0.25) is 0 Å². The fourth-order valence-electron chi connectivity index (χ4n) is 2.02. The minimum atomic E-state index is -0.579. The highest BCUT2D eigenvalue weighted by molar-refractivity contribution is 5.33. The van der Waals surface area contributed by atoms with Gasteiger partial charge >= 0.3 is 0 Å². The largest absolute Gasteiger partial charge is 0.384 e. The maximum Gasteiger partial charge on any atom is 0.126 e. The van der Waals surface area contributed by atoms with Gasteiger partial charge in [0.1, 0.15) is 17.5 Å². The molecule has 2 rings (SSSR count). The fourth-order valence-corrected chi connectivity index (χ4v) is 2.02. The van der Waals surface area contributed by atoms with Crippen LogP contribution in [0.5, 0.6) is 0 Å². The number of anilines is 1. The van der Waals surface area contributed by atoms with Gasteiger partial charge < -0.3 is 11.1 Å². The van der Waals surface area contributed by atoms with Crippen LogP contribution in [0, 0.1) is 11.6 Å². The van der Waals surface area contributed by atoms with Crippen LogP contribution in [-0.2, 0) is 6.42 Å². The summed E-state index contributed by atoms with van der Waals surface area (Å²) in [7, 11) is 1.75. The second-order valence-corrected chi connectivity index (χ2v) is 4.34. The van der Waals surface area contributed by atoms with E-state index in [1.165, 1.54) is 12.1 Å². The molecule has 0 radical (unpaired) electrons. The summed E-state index contributed by atoms with van der Waals surface area (Å²) in [5.74, 6) is -0.730. The van der Waals surface area contributed by atoms with Gasteiger partial charge in [-0.2, -0.15) is 0 Å². The zero-order valence-electron chi connectivity index (χ0n) is 10.5. The summed E-state index contributed by atoms with van der Waals surface area (Å²) in [6.45, 7) is 0. The topological polar surface area (TPSA) is 50.9 Å². The first-order valence-corrected chi connectivity index (χ1v) is 5.92. The predicted octanol–water partition coefficient (Wildman–Crippen LogP) is 2.45. The first-order valence-electron chi connectivity index (χ1n) is 5.92. The van der Waals surface area contributed by atoms with E-state index in [1.807, 2.05) is 6.07 Å². The molecule has 0 spiro atoms. The van der Waals surface area contributed by atoms with Crippen LogP contribution < -0.4 is 11.1 Å². The number of halogens is 2. The van der Waals surface area contributed by atoms with Crippen LogP contribution in [0.15, 0.2) is 36.5 Å². The Labute approximate surface area is 110 Å². The highest BCUT2D eigenvalue weighted by Crippen LogP contribution is 2.20. The summed E-state index contributed by atoms with van der Waals surface area (Å²) < 4.78 is 26.5. The van der Waals surface area contributed by atoms with Crippen molar-refractivity contribution in [1.29, 1.82) is 0 Å². The zero-order chi connectivity index (χ0) is 13.8. The molecule has 0 aliphatic heterocycles. The number of aromatic nitrogens is 1. The Bertz CT molecular complexity index is 552. The average Bonchev–Trinajstić information content (AvgIpc) is 2.34. The van der Waals surface area contributed by atoms with Crippen molar-refractivity contribution in [3.05, 3.63) is 59.3 Å². The molecule has 1 unspecified atom stereocenters. The van der Waals surface area contributed by atoms with E-state index in [0.29, 0.717) is 17.8 Å². The van der Waals surface area contributed by atoms with Crippen molar-refractivity contribution in [3.63, 3.8) is 0 Å². The van der Waals surface area contributed by atoms with Gasteiger partial charge in [0.25, 0.3) is 0 Å². The first-order chi connectivity index (χ1) is 9.08. The molecule has 1 heterocycles. The molecule has 1 aromatic carbocycles. The van der Waals surface area contributed by atoms with Gasteiger partial charge in [0.15, 0.2) is 0 Å². The van der Waals surface area contributed by atoms with E-state index in [1.54, 1.807) is 19.3 Å². The third kappa shape index (κ3) is 3.48. The molecule has 1 atom stereocenters. The second kappa shape index (κ2) is 5.75. The highest BCUT2D eigenvalue weighted by atomic mass is 19.1. The molecule has 3 N–H and O–H groups in total. The Morgan fingerprint density at radius 1 is 1.21 bits per heavy atom. The van der Waals surface area contributed by atoms with Crippen molar-refractivity contribution >= 4 is 5.82 Å². The number of nitrogen functional groups attached to an aromatic ring is 1. The lowest BCUT2D eigenvalue weighted by atomic mass is 9.99. The van der Waals surface area contributed by atoms with E-state index >= 15 is 0 Å². The molecule has 0 fully saturated rings. The minimum Gasteiger partial charge on any atom is -0.384 e. The minimum absolute atomic E-state index is 0.188. The second-order valence-electron chi connectivity index (χ2n) is 4.34. The summed E-state index contributed by atoms with van der Waals surface area (Å²) in [5.41, 5.74) is 7.13. The SMILES string of the molecule is CNC(Cc1ccnc(N)c1)c1cc(F)cc(F)c1. The summed E-state index contributed by atoms with van der Waals surface area (Å²) in [6.07, 6.45) is 2.19. The maximum atomic E-state index is 13.2. The molecule has 2 aromatic rings. The number of pyridine rings is 1. The molecule has 0 saturated carbocycles. The van der Waals surface area contributed by atoms with E-state index < -0.39 is 11.6 Å². The number of nitrogens with zero attached hydrogens (tertiary/aromatic N) is 1. The molecular formula is C14H15F2N3. The Balaban J connectivity index is 2.24.